The molecule has 1 aliphatic carbocycles. The predicted molar refractivity (Wildman–Crippen MR) is 111 cm³/mol. The molecule has 0 radical (unpaired) electrons. The summed E-state index contributed by atoms with van der Waals surface area (Å²) >= 11 is 3.61. The van der Waals surface area contributed by atoms with Gasteiger partial charge in [-0.3, -0.25) is 4.79 Å². The largest absolute Gasteiger partial charge is 0.355 e. The van der Waals surface area contributed by atoms with Crippen LogP contribution in [-0.2, 0) is 0 Å². The number of aryl methyl sites for hydroxylation is 1. The molecular weight excluding hydrogens is 402 g/mol. The minimum absolute atomic E-state index is 0.0139. The van der Waals surface area contributed by atoms with Crippen molar-refractivity contribution in [1.82, 2.24) is 9.97 Å². The van der Waals surface area contributed by atoms with Gasteiger partial charge in [0.15, 0.2) is 5.78 Å². The van der Waals surface area contributed by atoms with Crippen molar-refractivity contribution in [2.75, 3.05) is 5.32 Å². The summed E-state index contributed by atoms with van der Waals surface area (Å²) in [6.45, 7) is 2.05. The third kappa shape index (κ3) is 2.46. The van der Waals surface area contributed by atoms with Gasteiger partial charge in [0.05, 0.1) is 22.5 Å². The van der Waals surface area contributed by atoms with Gasteiger partial charge in [0.1, 0.15) is 6.33 Å². The second-order valence-electron chi connectivity index (χ2n) is 6.59. The Labute approximate surface area is 164 Å². The molecule has 1 N–H and O–H groups in total. The summed E-state index contributed by atoms with van der Waals surface area (Å²) in [5, 5.41) is 4.18. The standard InChI is InChI=1S/C22H14BrN3O/c1-12-6-8-13(9-7-12)26-17-10-16(23)21-19-18(17)22(27)15-5-3-2-4-14(15)20(19)24-11-25-21/h2-11,26H,1H3. The Balaban J connectivity index is 1.82. The average molecular weight is 416 g/mol. The van der Waals surface area contributed by atoms with Gasteiger partial charge in [-0.15, -0.1) is 0 Å². The first-order chi connectivity index (χ1) is 13.1. The van der Waals surface area contributed by atoms with E-state index in [9.17, 15) is 4.79 Å². The number of halogens is 1. The summed E-state index contributed by atoms with van der Waals surface area (Å²) < 4.78 is 0.826. The first kappa shape index (κ1) is 16.1. The molecule has 0 unspecified atom stereocenters. The lowest BCUT2D eigenvalue weighted by atomic mass is 9.86. The lowest BCUT2D eigenvalue weighted by Crippen LogP contribution is -2.14. The molecule has 1 aliphatic rings. The summed E-state index contributed by atoms with van der Waals surface area (Å²) in [6, 6.07) is 17.6. The molecule has 4 nitrogen and oxygen atoms in total. The number of nitrogens with zero attached hydrogens (tertiary/aromatic N) is 2. The van der Waals surface area contributed by atoms with E-state index < -0.39 is 0 Å². The molecule has 0 spiro atoms. The van der Waals surface area contributed by atoms with Gasteiger partial charge < -0.3 is 5.32 Å². The van der Waals surface area contributed by atoms with Crippen molar-refractivity contribution in [2.45, 2.75) is 6.92 Å². The van der Waals surface area contributed by atoms with Gasteiger partial charge in [0.2, 0.25) is 0 Å². The molecular formula is C22H14BrN3O. The molecule has 0 bridgehead atoms. The minimum Gasteiger partial charge on any atom is -0.355 e. The van der Waals surface area contributed by atoms with Gasteiger partial charge in [-0.1, -0.05) is 42.0 Å². The van der Waals surface area contributed by atoms with Crippen molar-refractivity contribution in [1.29, 1.82) is 0 Å². The SMILES string of the molecule is Cc1ccc(Nc2cc(Br)c3ncnc4c3c2C(=O)c2ccccc2-4)cc1. The van der Waals surface area contributed by atoms with Crippen molar-refractivity contribution in [3.8, 4) is 11.3 Å². The van der Waals surface area contributed by atoms with E-state index >= 15 is 0 Å². The number of fused-ring (bicyclic) bond motifs is 2. The molecule has 5 heteroatoms. The monoisotopic (exact) mass is 415 g/mol. The summed E-state index contributed by atoms with van der Waals surface area (Å²) in [5.74, 6) is -0.0139. The van der Waals surface area contributed by atoms with Crippen molar-refractivity contribution in [3.05, 3.63) is 82.1 Å². The van der Waals surface area contributed by atoms with Crippen LogP contribution in [0.4, 0.5) is 11.4 Å². The number of hydrogen-bond donors (Lipinski definition) is 1. The lowest BCUT2D eigenvalue weighted by molar-refractivity contribution is 0.104. The van der Waals surface area contributed by atoms with E-state index in [1.165, 1.54) is 5.56 Å². The number of hydrogen-bond acceptors (Lipinski definition) is 4. The van der Waals surface area contributed by atoms with Crippen LogP contribution in [0, 0.1) is 6.92 Å². The zero-order valence-corrected chi connectivity index (χ0v) is 16.0. The molecule has 0 fully saturated rings. The average Bonchev–Trinajstić information content (AvgIpc) is 2.69. The Morgan fingerprint density at radius 2 is 1.70 bits per heavy atom. The van der Waals surface area contributed by atoms with E-state index in [0.29, 0.717) is 11.1 Å². The van der Waals surface area contributed by atoms with Gasteiger partial charge in [0, 0.05) is 26.7 Å². The molecule has 0 amide bonds. The van der Waals surface area contributed by atoms with E-state index in [-0.39, 0.29) is 5.78 Å². The van der Waals surface area contributed by atoms with Crippen LogP contribution in [-0.4, -0.2) is 15.8 Å². The van der Waals surface area contributed by atoms with Crippen LogP contribution in [0.5, 0.6) is 0 Å². The first-order valence-electron chi connectivity index (χ1n) is 8.58. The number of benzene rings is 3. The number of anilines is 2. The minimum atomic E-state index is -0.0139. The normalized spacial score (nSPS) is 12.1. The maximum Gasteiger partial charge on any atom is 0.196 e. The first-order valence-corrected chi connectivity index (χ1v) is 9.38. The van der Waals surface area contributed by atoms with Crippen LogP contribution in [0.25, 0.3) is 22.2 Å². The number of carbonyl (C=O) groups is 1. The van der Waals surface area contributed by atoms with E-state index in [0.717, 1.165) is 38.0 Å². The maximum atomic E-state index is 13.4. The van der Waals surface area contributed by atoms with Gasteiger partial charge >= 0.3 is 0 Å². The highest BCUT2D eigenvalue weighted by Crippen LogP contribution is 2.43. The molecule has 1 heterocycles. The number of aromatic nitrogens is 2. The van der Waals surface area contributed by atoms with E-state index in [1.807, 2.05) is 61.5 Å². The van der Waals surface area contributed by atoms with Gasteiger partial charge in [0.25, 0.3) is 0 Å². The third-order valence-electron chi connectivity index (χ3n) is 4.85. The number of carbonyl (C=O) groups excluding carboxylic acids is 1. The predicted octanol–water partition coefficient (Wildman–Crippen LogP) is 5.66. The molecule has 0 atom stereocenters. The maximum absolute atomic E-state index is 13.4. The lowest BCUT2D eigenvalue weighted by Gasteiger charge is -2.22. The number of nitrogens with one attached hydrogen (secondary N) is 1. The molecule has 27 heavy (non-hydrogen) atoms. The van der Waals surface area contributed by atoms with Gasteiger partial charge in [-0.2, -0.15) is 0 Å². The molecule has 0 saturated heterocycles. The molecule has 1 aromatic heterocycles. The fourth-order valence-electron chi connectivity index (χ4n) is 3.56. The van der Waals surface area contributed by atoms with Crippen LogP contribution in [0.2, 0.25) is 0 Å². The van der Waals surface area contributed by atoms with Crippen LogP contribution in [0.1, 0.15) is 21.5 Å². The number of ketones is 1. The van der Waals surface area contributed by atoms with Crippen LogP contribution >= 0.6 is 15.9 Å². The van der Waals surface area contributed by atoms with Crippen molar-refractivity contribution < 1.29 is 4.79 Å². The van der Waals surface area contributed by atoms with Crippen molar-refractivity contribution in [3.63, 3.8) is 0 Å². The zero-order chi connectivity index (χ0) is 18.5. The fourth-order valence-corrected chi connectivity index (χ4v) is 4.09. The molecule has 5 rings (SSSR count). The van der Waals surface area contributed by atoms with Crippen LogP contribution in [0.3, 0.4) is 0 Å². The van der Waals surface area contributed by atoms with E-state index in [1.54, 1.807) is 6.33 Å². The smallest absolute Gasteiger partial charge is 0.196 e. The zero-order valence-electron chi connectivity index (χ0n) is 14.5. The Morgan fingerprint density at radius 3 is 2.48 bits per heavy atom. The Kier molecular flexibility index (Phi) is 3.58. The molecule has 0 aliphatic heterocycles. The van der Waals surface area contributed by atoms with Crippen LogP contribution in [0.15, 0.2) is 65.4 Å². The Morgan fingerprint density at radius 1 is 0.963 bits per heavy atom. The Bertz CT molecular complexity index is 1230. The number of rotatable bonds is 2. The molecule has 0 saturated carbocycles. The molecule has 3 aromatic carbocycles. The van der Waals surface area contributed by atoms with Crippen molar-refractivity contribution >= 4 is 44.0 Å². The summed E-state index contributed by atoms with van der Waals surface area (Å²) in [6.07, 6.45) is 1.55. The van der Waals surface area contributed by atoms with E-state index in [2.05, 4.69) is 31.2 Å². The third-order valence-corrected chi connectivity index (χ3v) is 5.45. The second kappa shape index (κ2) is 5.99. The highest BCUT2D eigenvalue weighted by molar-refractivity contribution is 9.10. The van der Waals surface area contributed by atoms with Crippen LogP contribution < -0.4 is 5.32 Å². The van der Waals surface area contributed by atoms with Crippen molar-refractivity contribution in [2.24, 2.45) is 0 Å². The summed E-state index contributed by atoms with van der Waals surface area (Å²) in [7, 11) is 0. The Hall–Kier alpha value is -3.05. The second-order valence-corrected chi connectivity index (χ2v) is 7.45. The van der Waals surface area contributed by atoms with Gasteiger partial charge in [-0.25, -0.2) is 9.97 Å². The summed E-state index contributed by atoms with van der Waals surface area (Å²) in [5.41, 5.74) is 6.51. The fraction of sp³-hybridized carbons (Fsp3) is 0.0455. The van der Waals surface area contributed by atoms with Gasteiger partial charge in [-0.05, 0) is 41.1 Å². The highest BCUT2D eigenvalue weighted by Gasteiger charge is 2.30. The summed E-state index contributed by atoms with van der Waals surface area (Å²) in [4.78, 5) is 22.3. The molecule has 130 valence electrons. The van der Waals surface area contributed by atoms with E-state index in [4.69, 9.17) is 0 Å². The molecule has 4 aromatic rings. The topological polar surface area (TPSA) is 54.9 Å². The quantitative estimate of drug-likeness (QED) is 0.404. The highest BCUT2D eigenvalue weighted by atomic mass is 79.9.